The Hall–Kier alpha value is -7.89. The maximum absolute atomic E-state index is 5.06. The smallest absolute Gasteiger partial charge is 0.160 e. The van der Waals surface area contributed by atoms with Crippen molar-refractivity contribution in [2.75, 3.05) is 0 Å². The molecule has 6 aromatic carbocycles. The standard InChI is InChI=1S/C53H35N5/c1-3-13-40(14-4-1)49-34-50(41-15-5-2-6-16-41)58-53(57-49)42-27-25-37(26-28-42)36-21-23-38(24-22-36)43-29-30-48(55-35-43)52-33-44(32-51(56-52)47-20-9-10-31-54-47)46-19-11-17-39-12-7-8-18-45(39)46/h1-35H. The molecule has 0 aliphatic rings. The van der Waals surface area contributed by atoms with Gasteiger partial charge in [-0.25, -0.2) is 15.0 Å². The van der Waals surface area contributed by atoms with Gasteiger partial charge in [-0.05, 0) is 75.0 Å². The highest BCUT2D eigenvalue weighted by atomic mass is 14.9. The van der Waals surface area contributed by atoms with Crippen LogP contribution in [0.15, 0.2) is 213 Å². The van der Waals surface area contributed by atoms with Crippen molar-refractivity contribution in [2.45, 2.75) is 0 Å². The van der Waals surface area contributed by atoms with Crippen LogP contribution in [-0.4, -0.2) is 24.9 Å². The number of rotatable bonds is 8. The molecule has 5 heteroatoms. The molecule has 10 rings (SSSR count). The number of aromatic nitrogens is 5. The third-order valence-corrected chi connectivity index (χ3v) is 10.4. The Balaban J connectivity index is 0.922. The monoisotopic (exact) mass is 741 g/mol. The van der Waals surface area contributed by atoms with Gasteiger partial charge in [0.05, 0.1) is 34.2 Å². The van der Waals surface area contributed by atoms with Crippen LogP contribution in [0.2, 0.25) is 0 Å². The molecular weight excluding hydrogens is 707 g/mol. The summed E-state index contributed by atoms with van der Waals surface area (Å²) in [5.74, 6) is 0.696. The van der Waals surface area contributed by atoms with Crippen molar-refractivity contribution in [3.63, 3.8) is 0 Å². The molecule has 0 spiro atoms. The van der Waals surface area contributed by atoms with Gasteiger partial charge in [0.1, 0.15) is 0 Å². The van der Waals surface area contributed by atoms with Gasteiger partial charge in [0.2, 0.25) is 0 Å². The Morgan fingerprint density at radius 2 is 0.810 bits per heavy atom. The van der Waals surface area contributed by atoms with E-state index in [2.05, 4.69) is 151 Å². The second-order valence-electron chi connectivity index (χ2n) is 14.1. The predicted molar refractivity (Wildman–Crippen MR) is 236 cm³/mol. The molecule has 58 heavy (non-hydrogen) atoms. The summed E-state index contributed by atoms with van der Waals surface area (Å²) in [5, 5.41) is 2.39. The van der Waals surface area contributed by atoms with Gasteiger partial charge in [-0.2, -0.15) is 0 Å². The van der Waals surface area contributed by atoms with Gasteiger partial charge in [0.15, 0.2) is 5.82 Å². The second-order valence-corrected chi connectivity index (χ2v) is 14.1. The minimum atomic E-state index is 0.696. The lowest BCUT2D eigenvalue weighted by molar-refractivity contribution is 1.18. The average molecular weight is 742 g/mol. The summed E-state index contributed by atoms with van der Waals surface area (Å²) in [6, 6.07) is 68.9. The van der Waals surface area contributed by atoms with Crippen molar-refractivity contribution in [1.29, 1.82) is 0 Å². The molecule has 10 aromatic rings. The van der Waals surface area contributed by atoms with Crippen molar-refractivity contribution >= 4 is 10.8 Å². The van der Waals surface area contributed by atoms with Crippen molar-refractivity contribution in [3.05, 3.63) is 213 Å². The zero-order chi connectivity index (χ0) is 38.7. The zero-order valence-electron chi connectivity index (χ0n) is 31.4. The van der Waals surface area contributed by atoms with E-state index in [1.165, 1.54) is 10.8 Å². The molecule has 272 valence electrons. The second kappa shape index (κ2) is 15.3. The zero-order valence-corrected chi connectivity index (χ0v) is 31.4. The fraction of sp³-hybridized carbons (Fsp3) is 0. The van der Waals surface area contributed by atoms with Crippen LogP contribution in [-0.2, 0) is 0 Å². The number of nitrogens with zero attached hydrogens (tertiary/aromatic N) is 5. The molecule has 0 aliphatic heterocycles. The molecule has 0 unspecified atom stereocenters. The van der Waals surface area contributed by atoms with Gasteiger partial charge in [-0.15, -0.1) is 0 Å². The molecular formula is C53H35N5. The Kier molecular flexibility index (Phi) is 9.14. The normalized spacial score (nSPS) is 11.1. The number of pyridine rings is 3. The molecule has 0 amide bonds. The van der Waals surface area contributed by atoms with Crippen LogP contribution < -0.4 is 0 Å². The highest BCUT2D eigenvalue weighted by molar-refractivity contribution is 5.97. The topological polar surface area (TPSA) is 64.5 Å². The first-order valence-corrected chi connectivity index (χ1v) is 19.3. The van der Waals surface area contributed by atoms with Gasteiger partial charge in [-0.3, -0.25) is 9.97 Å². The summed E-state index contributed by atoms with van der Waals surface area (Å²) in [6.07, 6.45) is 3.73. The number of fused-ring (bicyclic) bond motifs is 1. The first kappa shape index (κ1) is 34.6. The molecule has 4 heterocycles. The predicted octanol–water partition coefficient (Wildman–Crippen LogP) is 13.2. The summed E-state index contributed by atoms with van der Waals surface area (Å²) in [4.78, 5) is 24.6. The van der Waals surface area contributed by atoms with Crippen LogP contribution in [0.1, 0.15) is 0 Å². The quantitative estimate of drug-likeness (QED) is 0.155. The molecule has 0 atom stereocenters. The lowest BCUT2D eigenvalue weighted by Crippen LogP contribution is -1.95. The molecule has 0 fully saturated rings. The largest absolute Gasteiger partial charge is 0.255 e. The van der Waals surface area contributed by atoms with E-state index >= 15 is 0 Å². The van der Waals surface area contributed by atoms with Crippen LogP contribution in [0.5, 0.6) is 0 Å². The molecule has 0 N–H and O–H groups in total. The Labute approximate surface area is 337 Å². The molecule has 5 nitrogen and oxygen atoms in total. The fourth-order valence-corrected chi connectivity index (χ4v) is 7.41. The summed E-state index contributed by atoms with van der Waals surface area (Å²) < 4.78 is 0. The van der Waals surface area contributed by atoms with Gasteiger partial charge in [0, 0.05) is 34.6 Å². The van der Waals surface area contributed by atoms with Crippen molar-refractivity contribution < 1.29 is 0 Å². The Bertz CT molecular complexity index is 2940. The lowest BCUT2D eigenvalue weighted by atomic mass is 9.96. The molecule has 0 bridgehead atoms. The van der Waals surface area contributed by atoms with Crippen LogP contribution >= 0.6 is 0 Å². The fourth-order valence-electron chi connectivity index (χ4n) is 7.41. The molecule has 0 aliphatic carbocycles. The van der Waals surface area contributed by atoms with E-state index in [-0.39, 0.29) is 0 Å². The molecule has 0 radical (unpaired) electrons. The maximum Gasteiger partial charge on any atom is 0.160 e. The molecule has 4 aromatic heterocycles. The van der Waals surface area contributed by atoms with Gasteiger partial charge < -0.3 is 0 Å². The Morgan fingerprint density at radius 3 is 1.41 bits per heavy atom. The van der Waals surface area contributed by atoms with E-state index < -0.39 is 0 Å². The Morgan fingerprint density at radius 1 is 0.276 bits per heavy atom. The van der Waals surface area contributed by atoms with Crippen LogP contribution in [0.25, 0.3) is 101 Å². The minimum absolute atomic E-state index is 0.696. The highest BCUT2D eigenvalue weighted by Gasteiger charge is 2.14. The summed E-state index contributed by atoms with van der Waals surface area (Å²) in [5.41, 5.74) is 14.7. The number of hydrogen-bond donors (Lipinski definition) is 0. The summed E-state index contributed by atoms with van der Waals surface area (Å²) >= 11 is 0. The average Bonchev–Trinajstić information content (AvgIpc) is 3.32. The van der Waals surface area contributed by atoms with Crippen LogP contribution in [0.3, 0.4) is 0 Å². The summed E-state index contributed by atoms with van der Waals surface area (Å²) in [6.45, 7) is 0. The van der Waals surface area contributed by atoms with Crippen LogP contribution in [0, 0.1) is 0 Å². The van der Waals surface area contributed by atoms with E-state index in [9.17, 15) is 0 Å². The van der Waals surface area contributed by atoms with Gasteiger partial charge in [-0.1, -0.05) is 164 Å². The van der Waals surface area contributed by atoms with E-state index in [1.54, 1.807) is 6.20 Å². The van der Waals surface area contributed by atoms with Crippen molar-refractivity contribution in [2.24, 2.45) is 0 Å². The SMILES string of the molecule is c1ccc(-c2cc(-c3ccccc3)nc(-c3ccc(-c4ccc(-c5ccc(-c6cc(-c7cccc8ccccc78)cc(-c7ccccn7)n6)nc5)cc4)cc3)n2)cc1. The van der Waals surface area contributed by atoms with E-state index in [4.69, 9.17) is 19.9 Å². The van der Waals surface area contributed by atoms with Gasteiger partial charge >= 0.3 is 0 Å². The molecule has 0 saturated carbocycles. The van der Waals surface area contributed by atoms with Crippen molar-refractivity contribution in [1.82, 2.24) is 24.9 Å². The maximum atomic E-state index is 5.06. The number of benzene rings is 6. The summed E-state index contributed by atoms with van der Waals surface area (Å²) in [7, 11) is 0. The van der Waals surface area contributed by atoms with E-state index in [1.807, 2.05) is 60.8 Å². The minimum Gasteiger partial charge on any atom is -0.255 e. The van der Waals surface area contributed by atoms with Crippen molar-refractivity contribution in [3.8, 4) is 90.1 Å². The number of hydrogen-bond acceptors (Lipinski definition) is 5. The van der Waals surface area contributed by atoms with Crippen LogP contribution in [0.4, 0.5) is 0 Å². The third kappa shape index (κ3) is 7.04. The van der Waals surface area contributed by atoms with Gasteiger partial charge in [0.25, 0.3) is 0 Å². The van der Waals surface area contributed by atoms with E-state index in [0.717, 1.165) is 84.2 Å². The third-order valence-electron chi connectivity index (χ3n) is 10.4. The highest BCUT2D eigenvalue weighted by Crippen LogP contribution is 2.35. The van der Waals surface area contributed by atoms with E-state index in [0.29, 0.717) is 5.82 Å². The first-order chi connectivity index (χ1) is 28.7. The lowest BCUT2D eigenvalue weighted by Gasteiger charge is -2.12. The first-order valence-electron chi connectivity index (χ1n) is 19.3. The molecule has 0 saturated heterocycles.